The largest absolute Gasteiger partial charge is 0.497 e. The second kappa shape index (κ2) is 17.2. The molecule has 0 aliphatic heterocycles. The highest BCUT2D eigenvalue weighted by Crippen LogP contribution is 2.28. The van der Waals surface area contributed by atoms with Crippen LogP contribution in [0.15, 0.2) is 138 Å². The van der Waals surface area contributed by atoms with Crippen LogP contribution in [0.1, 0.15) is 42.4 Å². The number of hydrogen-bond acceptors (Lipinski definition) is 12. The van der Waals surface area contributed by atoms with Gasteiger partial charge in [-0.2, -0.15) is 0 Å². The molecule has 14 heteroatoms. The molecule has 11 nitrogen and oxygen atoms in total. The van der Waals surface area contributed by atoms with Gasteiger partial charge in [-0.05, 0) is 85.6 Å². The van der Waals surface area contributed by atoms with E-state index in [1.807, 2.05) is 80.6 Å². The molecule has 0 fully saturated rings. The van der Waals surface area contributed by atoms with Gasteiger partial charge in [-0.3, -0.25) is 14.3 Å². The summed E-state index contributed by atoms with van der Waals surface area (Å²) in [5, 5.41) is 9.34. The van der Waals surface area contributed by atoms with E-state index < -0.39 is 10.0 Å². The Balaban J connectivity index is 0.000000203. The number of nitrogens with zero attached hydrogens (tertiary/aromatic N) is 2. The summed E-state index contributed by atoms with van der Waals surface area (Å²) in [4.78, 5) is 34.5. The highest BCUT2D eigenvalue weighted by Gasteiger charge is 2.17. The normalized spacial score (nSPS) is 10.8. The fourth-order valence-corrected chi connectivity index (χ4v) is 7.81. The van der Waals surface area contributed by atoms with Gasteiger partial charge < -0.3 is 21.1 Å². The number of hydrogen-bond donors (Lipinski definition) is 4. The van der Waals surface area contributed by atoms with E-state index in [4.69, 9.17) is 10.5 Å². The first-order chi connectivity index (χ1) is 26.5. The van der Waals surface area contributed by atoms with Crippen LogP contribution in [0.4, 0.5) is 33.0 Å². The second-order valence-electron chi connectivity index (χ2n) is 12.1. The summed E-state index contributed by atoms with van der Waals surface area (Å²) < 4.78 is 32.9. The molecule has 2 aromatic heterocycles. The van der Waals surface area contributed by atoms with Gasteiger partial charge in [-0.25, -0.2) is 18.4 Å². The smallest absolute Gasteiger partial charge is 0.262 e. The molecule has 55 heavy (non-hydrogen) atoms. The summed E-state index contributed by atoms with van der Waals surface area (Å²) in [6.45, 7) is 3.82. The van der Waals surface area contributed by atoms with E-state index in [0.717, 1.165) is 16.8 Å². The molecule has 7 rings (SSSR count). The fourth-order valence-electron chi connectivity index (χ4n) is 5.22. The molecule has 0 saturated heterocycles. The molecule has 0 amide bonds. The molecule has 5 aromatic carbocycles. The number of ketones is 2. The Hall–Kier alpha value is -6.35. The highest BCUT2D eigenvalue weighted by molar-refractivity contribution is 7.92. The Morgan fingerprint density at radius 3 is 1.93 bits per heavy atom. The SMILES string of the molecule is COc1cccc(S(=O)(=O)Nc2ccc(Nc3ncc(C(=O)c4ccccc4C)s3)cc2)c1.Cc1ccccc1C(=O)c1csc(Nc2ccc(N)cc2)n1. The number of nitrogens with two attached hydrogens (primary N) is 1. The van der Waals surface area contributed by atoms with Crippen molar-refractivity contribution in [2.24, 2.45) is 0 Å². The average molecular weight is 789 g/mol. The van der Waals surface area contributed by atoms with Crippen molar-refractivity contribution in [1.29, 1.82) is 0 Å². The third-order valence-corrected chi connectivity index (χ3v) is 11.2. The van der Waals surface area contributed by atoms with Crippen molar-refractivity contribution in [1.82, 2.24) is 9.97 Å². The number of methoxy groups -OCH3 is 1. The average Bonchev–Trinajstić information content (AvgIpc) is 3.87. The van der Waals surface area contributed by atoms with E-state index in [1.54, 1.807) is 54.0 Å². The number of aryl methyl sites for hydroxylation is 2. The minimum Gasteiger partial charge on any atom is -0.497 e. The number of thiazole rings is 2. The molecule has 0 atom stereocenters. The maximum atomic E-state index is 12.7. The topological polar surface area (TPSA) is 165 Å². The molecular weight excluding hydrogens is 753 g/mol. The Kier molecular flexibility index (Phi) is 12.0. The first-order valence-corrected chi connectivity index (χ1v) is 20.0. The Morgan fingerprint density at radius 2 is 1.29 bits per heavy atom. The lowest BCUT2D eigenvalue weighted by Crippen LogP contribution is -2.12. The zero-order valence-electron chi connectivity index (χ0n) is 29.9. The van der Waals surface area contributed by atoms with Gasteiger partial charge in [0.1, 0.15) is 11.4 Å². The van der Waals surface area contributed by atoms with Gasteiger partial charge in [-0.1, -0.05) is 65.9 Å². The van der Waals surface area contributed by atoms with Gasteiger partial charge in [-0.15, -0.1) is 11.3 Å². The molecule has 0 aliphatic carbocycles. The minimum absolute atomic E-state index is 0.0558. The van der Waals surface area contributed by atoms with Crippen LogP contribution in [0.5, 0.6) is 5.75 Å². The zero-order valence-corrected chi connectivity index (χ0v) is 32.4. The molecule has 0 bridgehead atoms. The van der Waals surface area contributed by atoms with Gasteiger partial charge in [0.25, 0.3) is 10.0 Å². The molecule has 0 aliphatic rings. The summed E-state index contributed by atoms with van der Waals surface area (Å²) in [6, 6.07) is 35.3. The fraction of sp³-hybridized carbons (Fsp3) is 0.0732. The van der Waals surface area contributed by atoms with Crippen molar-refractivity contribution < 1.29 is 22.7 Å². The van der Waals surface area contributed by atoms with Gasteiger partial charge in [0.15, 0.2) is 10.3 Å². The molecule has 0 spiro atoms. The maximum absolute atomic E-state index is 12.7. The number of anilines is 6. The summed E-state index contributed by atoms with van der Waals surface area (Å²) >= 11 is 2.66. The van der Waals surface area contributed by atoms with Crippen LogP contribution >= 0.6 is 22.7 Å². The number of nitrogens with one attached hydrogen (secondary N) is 3. The van der Waals surface area contributed by atoms with E-state index in [9.17, 15) is 18.0 Å². The number of benzene rings is 5. The predicted molar refractivity (Wildman–Crippen MR) is 221 cm³/mol. The molecule has 0 unspecified atom stereocenters. The summed E-state index contributed by atoms with van der Waals surface area (Å²) in [5.41, 5.74) is 12.0. The maximum Gasteiger partial charge on any atom is 0.262 e. The number of rotatable bonds is 12. The van der Waals surface area contributed by atoms with E-state index in [-0.39, 0.29) is 16.5 Å². The number of aromatic nitrogens is 2. The van der Waals surface area contributed by atoms with Gasteiger partial charge in [0, 0.05) is 45.3 Å². The van der Waals surface area contributed by atoms with Crippen molar-refractivity contribution in [3.8, 4) is 5.75 Å². The van der Waals surface area contributed by atoms with Crippen molar-refractivity contribution in [3.05, 3.63) is 166 Å². The van der Waals surface area contributed by atoms with Gasteiger partial charge >= 0.3 is 0 Å². The molecule has 278 valence electrons. The Morgan fingerprint density at radius 1 is 0.709 bits per heavy atom. The number of ether oxygens (including phenoxy) is 1. The van der Waals surface area contributed by atoms with Crippen molar-refractivity contribution >= 4 is 77.3 Å². The quantitative estimate of drug-likeness (QED) is 0.0693. The third kappa shape index (κ3) is 9.80. The molecule has 5 N–H and O–H groups in total. The highest BCUT2D eigenvalue weighted by atomic mass is 32.2. The zero-order chi connectivity index (χ0) is 39.0. The number of carbonyl (C=O) groups excluding carboxylic acids is 2. The Labute approximate surface area is 327 Å². The van der Waals surface area contributed by atoms with E-state index >= 15 is 0 Å². The monoisotopic (exact) mass is 788 g/mol. The van der Waals surface area contributed by atoms with E-state index in [1.165, 1.54) is 41.9 Å². The lowest BCUT2D eigenvalue weighted by molar-refractivity contribution is 0.102. The standard InChI is InChI=1S/C24H21N3O4S2.C17H15N3OS/c1-16-6-3-4-9-21(16)23(28)22-15-25-24(32-22)26-17-10-12-18(13-11-17)27-33(29,30)20-8-5-7-19(14-20)31-2;1-11-4-2-3-5-14(11)16(21)15-10-22-17(20-15)19-13-8-6-12(18)7-9-13/h3-15,27H,1-2H3,(H,25,26);2-10H,18H2,1H3,(H,19,20). The van der Waals surface area contributed by atoms with Crippen LogP contribution in [-0.2, 0) is 10.0 Å². The minimum atomic E-state index is -3.75. The summed E-state index contributed by atoms with van der Waals surface area (Å²) in [5.74, 6) is 0.335. The second-order valence-corrected chi connectivity index (χ2v) is 15.7. The van der Waals surface area contributed by atoms with Crippen molar-refractivity contribution in [3.63, 3.8) is 0 Å². The molecule has 0 saturated carbocycles. The first-order valence-electron chi connectivity index (χ1n) is 16.8. The van der Waals surface area contributed by atoms with E-state index in [2.05, 4.69) is 25.3 Å². The molecular formula is C41H36N6O5S3. The van der Waals surface area contributed by atoms with Crippen LogP contribution in [0.25, 0.3) is 0 Å². The molecule has 2 heterocycles. The predicted octanol–water partition coefficient (Wildman–Crippen LogP) is 9.24. The summed E-state index contributed by atoms with van der Waals surface area (Å²) in [6.07, 6.45) is 1.55. The van der Waals surface area contributed by atoms with Crippen molar-refractivity contribution in [2.45, 2.75) is 18.7 Å². The van der Waals surface area contributed by atoms with Gasteiger partial charge in [0.05, 0.1) is 23.1 Å². The number of nitrogen functional groups attached to an aromatic ring is 1. The number of carbonyl (C=O) groups is 2. The molecule has 7 aromatic rings. The first kappa shape index (κ1) is 38.4. The van der Waals surface area contributed by atoms with Crippen LogP contribution in [0.3, 0.4) is 0 Å². The van der Waals surface area contributed by atoms with Crippen LogP contribution in [-0.4, -0.2) is 37.1 Å². The summed E-state index contributed by atoms with van der Waals surface area (Å²) in [7, 11) is -2.27. The van der Waals surface area contributed by atoms with Gasteiger partial charge in [0.2, 0.25) is 11.6 Å². The lowest BCUT2D eigenvalue weighted by Gasteiger charge is -2.10. The number of sulfonamides is 1. The van der Waals surface area contributed by atoms with Crippen LogP contribution in [0, 0.1) is 13.8 Å². The van der Waals surface area contributed by atoms with Crippen LogP contribution < -0.4 is 25.8 Å². The molecule has 0 radical (unpaired) electrons. The lowest BCUT2D eigenvalue weighted by atomic mass is 10.0. The van der Waals surface area contributed by atoms with Crippen LogP contribution in [0.2, 0.25) is 0 Å². The van der Waals surface area contributed by atoms with Crippen molar-refractivity contribution in [2.75, 3.05) is 28.2 Å². The Bertz CT molecular complexity index is 2550. The third-order valence-electron chi connectivity index (χ3n) is 8.15. The van der Waals surface area contributed by atoms with E-state index in [0.29, 0.717) is 54.8 Å².